The highest BCUT2D eigenvalue weighted by atomic mass is 16.5. The highest BCUT2D eigenvalue weighted by molar-refractivity contribution is 5.01. The van der Waals surface area contributed by atoms with Crippen LogP contribution in [0.25, 0.3) is 0 Å². The van der Waals surface area contributed by atoms with Gasteiger partial charge in [0.25, 0.3) is 0 Å². The molecule has 4 nitrogen and oxygen atoms in total. The minimum atomic E-state index is -0.0900. The van der Waals surface area contributed by atoms with E-state index >= 15 is 0 Å². The van der Waals surface area contributed by atoms with Crippen molar-refractivity contribution in [2.45, 2.75) is 82.1 Å². The average Bonchev–Trinajstić information content (AvgIpc) is 2.92. The summed E-state index contributed by atoms with van der Waals surface area (Å²) in [5.74, 6) is 2.19. The molecule has 3 rings (SSSR count). The third kappa shape index (κ3) is 3.16. The Kier molecular flexibility index (Phi) is 3.87. The van der Waals surface area contributed by atoms with E-state index < -0.39 is 0 Å². The smallest absolute Gasteiger partial charge is 0.228 e. The predicted octanol–water partition coefficient (Wildman–Crippen LogP) is 3.32. The second-order valence-corrected chi connectivity index (χ2v) is 6.48. The molecule has 2 saturated carbocycles. The van der Waals surface area contributed by atoms with Gasteiger partial charge in [-0.15, -0.1) is 0 Å². The van der Waals surface area contributed by atoms with E-state index in [2.05, 4.69) is 10.1 Å². The molecule has 0 bridgehead atoms. The zero-order chi connectivity index (χ0) is 13.1. The van der Waals surface area contributed by atoms with Crippen molar-refractivity contribution in [3.63, 3.8) is 0 Å². The van der Waals surface area contributed by atoms with Gasteiger partial charge in [-0.3, -0.25) is 0 Å². The molecule has 2 fully saturated rings. The van der Waals surface area contributed by atoms with Crippen LogP contribution in [0.3, 0.4) is 0 Å². The Bertz CT molecular complexity index is 401. The van der Waals surface area contributed by atoms with Crippen molar-refractivity contribution in [3.05, 3.63) is 11.7 Å². The molecular weight excluding hydrogens is 238 g/mol. The third-order valence-corrected chi connectivity index (χ3v) is 4.81. The molecule has 0 saturated heterocycles. The first-order valence-electron chi connectivity index (χ1n) is 7.87. The summed E-state index contributed by atoms with van der Waals surface area (Å²) in [6, 6.07) is 0. The molecule has 0 atom stereocenters. The minimum absolute atomic E-state index is 0.0900. The standard InChI is InChI=1S/C15H25N3O/c16-15(9-5-6-10-15)11-13-17-14(18-19-13)12-7-3-1-2-4-8-12/h12H,1-11,16H2. The van der Waals surface area contributed by atoms with Gasteiger partial charge in [-0.1, -0.05) is 43.7 Å². The Hall–Kier alpha value is -0.900. The lowest BCUT2D eigenvalue weighted by atomic mass is 9.95. The second kappa shape index (κ2) is 5.61. The van der Waals surface area contributed by atoms with Crippen LogP contribution in [0.15, 0.2) is 4.52 Å². The lowest BCUT2D eigenvalue weighted by Crippen LogP contribution is -2.38. The summed E-state index contributed by atoms with van der Waals surface area (Å²) in [4.78, 5) is 4.63. The van der Waals surface area contributed by atoms with Gasteiger partial charge in [0, 0.05) is 17.9 Å². The van der Waals surface area contributed by atoms with Gasteiger partial charge in [-0.05, 0) is 25.7 Å². The molecular formula is C15H25N3O. The summed E-state index contributed by atoms with van der Waals surface area (Å²) < 4.78 is 5.44. The van der Waals surface area contributed by atoms with Crippen molar-refractivity contribution in [3.8, 4) is 0 Å². The van der Waals surface area contributed by atoms with Gasteiger partial charge >= 0.3 is 0 Å². The van der Waals surface area contributed by atoms with E-state index in [0.717, 1.165) is 31.0 Å². The number of hydrogen-bond donors (Lipinski definition) is 1. The molecule has 0 unspecified atom stereocenters. The minimum Gasteiger partial charge on any atom is -0.339 e. The first-order valence-corrected chi connectivity index (χ1v) is 7.87. The van der Waals surface area contributed by atoms with Gasteiger partial charge < -0.3 is 10.3 Å². The molecule has 0 radical (unpaired) electrons. The number of aromatic nitrogens is 2. The van der Waals surface area contributed by atoms with Crippen molar-refractivity contribution in [1.29, 1.82) is 0 Å². The first-order chi connectivity index (χ1) is 9.25. The maximum atomic E-state index is 6.38. The van der Waals surface area contributed by atoms with Crippen LogP contribution in [-0.2, 0) is 6.42 Å². The molecule has 2 aliphatic rings. The predicted molar refractivity (Wildman–Crippen MR) is 73.8 cm³/mol. The van der Waals surface area contributed by atoms with Crippen molar-refractivity contribution in [1.82, 2.24) is 10.1 Å². The van der Waals surface area contributed by atoms with Crippen LogP contribution in [0, 0.1) is 0 Å². The lowest BCUT2D eigenvalue weighted by Gasteiger charge is -2.20. The topological polar surface area (TPSA) is 64.9 Å². The summed E-state index contributed by atoms with van der Waals surface area (Å²) in [6.45, 7) is 0. The number of hydrogen-bond acceptors (Lipinski definition) is 4. The normalized spacial score (nSPS) is 24.5. The Balaban J connectivity index is 1.65. The zero-order valence-electron chi connectivity index (χ0n) is 11.7. The number of nitrogens with two attached hydrogens (primary N) is 1. The Morgan fingerprint density at radius 1 is 1.05 bits per heavy atom. The Morgan fingerprint density at radius 2 is 1.74 bits per heavy atom. The van der Waals surface area contributed by atoms with Crippen LogP contribution in [0.1, 0.15) is 81.8 Å². The summed E-state index contributed by atoms with van der Waals surface area (Å²) in [6.07, 6.45) is 13.2. The number of rotatable bonds is 3. The van der Waals surface area contributed by atoms with Gasteiger partial charge in [-0.2, -0.15) is 4.98 Å². The fourth-order valence-corrected chi connectivity index (χ4v) is 3.60. The number of nitrogens with zero attached hydrogens (tertiary/aromatic N) is 2. The average molecular weight is 263 g/mol. The molecule has 2 aliphatic carbocycles. The van der Waals surface area contributed by atoms with Crippen LogP contribution in [-0.4, -0.2) is 15.7 Å². The molecule has 106 valence electrons. The Labute approximate surface area is 115 Å². The summed E-state index contributed by atoms with van der Waals surface area (Å²) in [5.41, 5.74) is 6.29. The summed E-state index contributed by atoms with van der Waals surface area (Å²) in [5, 5.41) is 4.21. The molecule has 0 aromatic carbocycles. The molecule has 0 spiro atoms. The van der Waals surface area contributed by atoms with Gasteiger partial charge in [0.1, 0.15) is 0 Å². The van der Waals surface area contributed by atoms with Crippen molar-refractivity contribution >= 4 is 0 Å². The first kappa shape index (κ1) is 13.1. The van der Waals surface area contributed by atoms with Crippen molar-refractivity contribution < 1.29 is 4.52 Å². The van der Waals surface area contributed by atoms with E-state index in [4.69, 9.17) is 10.3 Å². The highest BCUT2D eigenvalue weighted by Crippen LogP contribution is 2.32. The molecule has 2 N–H and O–H groups in total. The van der Waals surface area contributed by atoms with Crippen LogP contribution >= 0.6 is 0 Å². The van der Waals surface area contributed by atoms with Gasteiger partial charge in [0.2, 0.25) is 5.89 Å². The lowest BCUT2D eigenvalue weighted by molar-refractivity contribution is 0.325. The van der Waals surface area contributed by atoms with Gasteiger partial charge in [0.15, 0.2) is 5.82 Å². The summed E-state index contributed by atoms with van der Waals surface area (Å²) >= 11 is 0. The van der Waals surface area contributed by atoms with E-state index in [-0.39, 0.29) is 5.54 Å². The van der Waals surface area contributed by atoms with Crippen LogP contribution in [0.4, 0.5) is 0 Å². The molecule has 0 amide bonds. The highest BCUT2D eigenvalue weighted by Gasteiger charge is 2.32. The largest absolute Gasteiger partial charge is 0.339 e. The second-order valence-electron chi connectivity index (χ2n) is 6.48. The molecule has 19 heavy (non-hydrogen) atoms. The summed E-state index contributed by atoms with van der Waals surface area (Å²) in [7, 11) is 0. The maximum Gasteiger partial charge on any atom is 0.228 e. The van der Waals surface area contributed by atoms with E-state index in [9.17, 15) is 0 Å². The zero-order valence-corrected chi connectivity index (χ0v) is 11.7. The molecule has 1 heterocycles. The molecule has 4 heteroatoms. The third-order valence-electron chi connectivity index (χ3n) is 4.81. The van der Waals surface area contributed by atoms with Crippen LogP contribution < -0.4 is 5.73 Å². The van der Waals surface area contributed by atoms with E-state index in [1.807, 2.05) is 0 Å². The van der Waals surface area contributed by atoms with E-state index in [1.165, 1.54) is 51.4 Å². The molecule has 1 aromatic heterocycles. The quantitative estimate of drug-likeness (QED) is 0.850. The van der Waals surface area contributed by atoms with Crippen molar-refractivity contribution in [2.24, 2.45) is 5.73 Å². The van der Waals surface area contributed by atoms with Crippen LogP contribution in [0.5, 0.6) is 0 Å². The SMILES string of the molecule is NC1(Cc2nc(C3CCCCCC3)no2)CCCC1. The fraction of sp³-hybridized carbons (Fsp3) is 0.867. The van der Waals surface area contributed by atoms with Gasteiger partial charge in [0.05, 0.1) is 0 Å². The maximum absolute atomic E-state index is 6.38. The molecule has 0 aliphatic heterocycles. The van der Waals surface area contributed by atoms with Gasteiger partial charge in [-0.25, -0.2) is 0 Å². The van der Waals surface area contributed by atoms with E-state index in [0.29, 0.717) is 5.92 Å². The van der Waals surface area contributed by atoms with E-state index in [1.54, 1.807) is 0 Å². The Morgan fingerprint density at radius 3 is 2.42 bits per heavy atom. The van der Waals surface area contributed by atoms with Crippen LogP contribution in [0.2, 0.25) is 0 Å². The monoisotopic (exact) mass is 263 g/mol. The van der Waals surface area contributed by atoms with Crippen molar-refractivity contribution in [2.75, 3.05) is 0 Å². The fourth-order valence-electron chi connectivity index (χ4n) is 3.60. The molecule has 1 aromatic rings.